The van der Waals surface area contributed by atoms with Crippen LogP contribution < -0.4 is 5.32 Å². The highest BCUT2D eigenvalue weighted by Gasteiger charge is 2.27. The van der Waals surface area contributed by atoms with Gasteiger partial charge in [0.1, 0.15) is 0 Å². The summed E-state index contributed by atoms with van der Waals surface area (Å²) < 4.78 is 4.47. The van der Waals surface area contributed by atoms with Crippen LogP contribution in [0.4, 0.5) is 0 Å². The molecular weight excluding hydrogens is 416 g/mol. The summed E-state index contributed by atoms with van der Waals surface area (Å²) in [6.07, 6.45) is 4.28. The predicted octanol–water partition coefficient (Wildman–Crippen LogP) is 5.57. The van der Waals surface area contributed by atoms with Crippen molar-refractivity contribution in [2.24, 2.45) is 0 Å². The van der Waals surface area contributed by atoms with Crippen LogP contribution in [0, 0.1) is 6.92 Å². The van der Waals surface area contributed by atoms with Crippen LogP contribution in [-0.4, -0.2) is 26.0 Å². The molecule has 0 unspecified atom stereocenters. The molecule has 1 amide bonds. The summed E-state index contributed by atoms with van der Waals surface area (Å²) in [5.74, 6) is 1.02. The van der Waals surface area contributed by atoms with E-state index in [0.717, 1.165) is 28.9 Å². The average molecular weight is 445 g/mol. The first-order valence-corrected chi connectivity index (χ1v) is 12.2. The number of fused-ring (bicyclic) bond motifs is 1. The van der Waals surface area contributed by atoms with E-state index in [9.17, 15) is 4.79 Å². The summed E-state index contributed by atoms with van der Waals surface area (Å²) in [6, 6.07) is 19.3. The maximum atomic E-state index is 12.8. The minimum absolute atomic E-state index is 0.0393. The Labute approximate surface area is 192 Å². The molecule has 2 heterocycles. The van der Waals surface area contributed by atoms with Crippen LogP contribution in [0.5, 0.6) is 0 Å². The number of amides is 1. The van der Waals surface area contributed by atoms with Gasteiger partial charge in [0.15, 0.2) is 0 Å². The molecule has 32 heavy (non-hydrogen) atoms. The van der Waals surface area contributed by atoms with Crippen LogP contribution in [0.1, 0.15) is 53.1 Å². The standard InChI is InChI=1S/C26H28N4OS/c1-3-32-24-9-4-19(5-10-24)16-27-26(31)20-6-11-25-21(14-20)15-23(30(25)22-7-8-22)17-29-18(2)12-13-28-29/h4-6,9-15,22H,3,7-8,16-17H2,1-2H3,(H,27,31). The molecular formula is C26H28N4OS. The summed E-state index contributed by atoms with van der Waals surface area (Å²) in [7, 11) is 0. The zero-order chi connectivity index (χ0) is 22.1. The molecule has 0 radical (unpaired) electrons. The van der Waals surface area contributed by atoms with Crippen LogP contribution in [0.3, 0.4) is 0 Å². The molecule has 1 aliphatic rings. The van der Waals surface area contributed by atoms with Gasteiger partial charge in [0.2, 0.25) is 0 Å². The van der Waals surface area contributed by atoms with Crippen LogP contribution >= 0.6 is 11.8 Å². The van der Waals surface area contributed by atoms with Crippen molar-refractivity contribution in [2.75, 3.05) is 5.75 Å². The quantitative estimate of drug-likeness (QED) is 0.361. The van der Waals surface area contributed by atoms with Crippen molar-refractivity contribution in [3.05, 3.63) is 83.3 Å². The molecule has 0 spiro atoms. The van der Waals surface area contributed by atoms with Gasteiger partial charge in [-0.1, -0.05) is 19.1 Å². The summed E-state index contributed by atoms with van der Waals surface area (Å²) in [6.45, 7) is 5.50. The number of thioether (sulfide) groups is 1. The molecule has 1 aliphatic carbocycles. The van der Waals surface area contributed by atoms with Gasteiger partial charge in [-0.15, -0.1) is 11.8 Å². The number of hydrogen-bond acceptors (Lipinski definition) is 3. The van der Waals surface area contributed by atoms with Gasteiger partial charge in [-0.05, 0) is 73.5 Å². The number of aryl methyl sites for hydroxylation is 1. The first-order chi connectivity index (χ1) is 15.6. The third-order valence-electron chi connectivity index (χ3n) is 6.02. The maximum absolute atomic E-state index is 12.8. The van der Waals surface area contributed by atoms with E-state index in [1.807, 2.05) is 40.8 Å². The van der Waals surface area contributed by atoms with Gasteiger partial charge in [0.25, 0.3) is 5.91 Å². The van der Waals surface area contributed by atoms with Gasteiger partial charge < -0.3 is 9.88 Å². The zero-order valence-corrected chi connectivity index (χ0v) is 19.4. The molecule has 4 aromatic rings. The lowest BCUT2D eigenvalue weighted by atomic mass is 10.1. The van der Waals surface area contributed by atoms with Gasteiger partial charge in [-0.3, -0.25) is 9.48 Å². The average Bonchev–Trinajstić information content (AvgIpc) is 3.46. The molecule has 1 saturated carbocycles. The summed E-state index contributed by atoms with van der Waals surface area (Å²) in [5, 5.41) is 8.64. The van der Waals surface area contributed by atoms with E-state index < -0.39 is 0 Å². The van der Waals surface area contributed by atoms with Crippen LogP contribution in [0.25, 0.3) is 10.9 Å². The molecule has 1 fully saturated rings. The molecule has 0 aliphatic heterocycles. The summed E-state index contributed by atoms with van der Waals surface area (Å²) >= 11 is 1.82. The Kier molecular flexibility index (Phi) is 5.79. The summed E-state index contributed by atoms with van der Waals surface area (Å²) in [5.41, 5.74) is 5.41. The van der Waals surface area contributed by atoms with Crippen molar-refractivity contribution in [3.8, 4) is 0 Å². The van der Waals surface area contributed by atoms with E-state index >= 15 is 0 Å². The van der Waals surface area contributed by atoms with E-state index in [1.54, 1.807) is 0 Å². The molecule has 0 bridgehead atoms. The lowest BCUT2D eigenvalue weighted by Gasteiger charge is -2.11. The second kappa shape index (κ2) is 8.87. The first-order valence-electron chi connectivity index (χ1n) is 11.2. The number of carbonyl (C=O) groups is 1. The topological polar surface area (TPSA) is 51.9 Å². The Morgan fingerprint density at radius 2 is 1.94 bits per heavy atom. The van der Waals surface area contributed by atoms with Crippen LogP contribution in [0.2, 0.25) is 0 Å². The number of nitrogens with one attached hydrogen (secondary N) is 1. The third kappa shape index (κ3) is 4.32. The van der Waals surface area contributed by atoms with E-state index in [4.69, 9.17) is 0 Å². The Hall–Kier alpha value is -2.99. The Morgan fingerprint density at radius 1 is 1.12 bits per heavy atom. The number of rotatable bonds is 8. The van der Waals surface area contributed by atoms with Crippen molar-refractivity contribution in [1.82, 2.24) is 19.7 Å². The van der Waals surface area contributed by atoms with Gasteiger partial charge in [0.05, 0.1) is 6.54 Å². The van der Waals surface area contributed by atoms with Crippen molar-refractivity contribution in [1.29, 1.82) is 0 Å². The molecule has 6 heteroatoms. The van der Waals surface area contributed by atoms with Crippen molar-refractivity contribution >= 4 is 28.6 Å². The summed E-state index contributed by atoms with van der Waals surface area (Å²) in [4.78, 5) is 14.1. The highest BCUT2D eigenvalue weighted by atomic mass is 32.2. The largest absolute Gasteiger partial charge is 0.348 e. The zero-order valence-electron chi connectivity index (χ0n) is 18.5. The second-order valence-electron chi connectivity index (χ2n) is 8.40. The van der Waals surface area contributed by atoms with Crippen molar-refractivity contribution < 1.29 is 4.79 Å². The minimum Gasteiger partial charge on any atom is -0.348 e. The Bertz CT molecular complexity index is 1250. The number of hydrogen-bond donors (Lipinski definition) is 1. The Morgan fingerprint density at radius 3 is 2.62 bits per heavy atom. The third-order valence-corrected chi connectivity index (χ3v) is 6.92. The second-order valence-corrected chi connectivity index (χ2v) is 9.74. The lowest BCUT2D eigenvalue weighted by molar-refractivity contribution is 0.0951. The van der Waals surface area contributed by atoms with Crippen molar-refractivity contribution in [2.45, 2.75) is 50.7 Å². The van der Waals surface area contributed by atoms with Gasteiger partial charge in [0, 0.05) is 51.5 Å². The van der Waals surface area contributed by atoms with E-state index in [1.165, 1.54) is 28.9 Å². The maximum Gasteiger partial charge on any atom is 0.251 e. The Balaban J connectivity index is 1.34. The number of benzene rings is 2. The molecule has 2 aromatic heterocycles. The smallest absolute Gasteiger partial charge is 0.251 e. The fourth-order valence-electron chi connectivity index (χ4n) is 4.19. The van der Waals surface area contributed by atoms with E-state index in [2.05, 4.69) is 65.2 Å². The normalized spacial score (nSPS) is 13.6. The monoisotopic (exact) mass is 444 g/mol. The molecule has 1 N–H and O–H groups in total. The molecule has 0 atom stereocenters. The lowest BCUT2D eigenvalue weighted by Crippen LogP contribution is -2.22. The van der Waals surface area contributed by atoms with Gasteiger partial charge >= 0.3 is 0 Å². The number of aromatic nitrogens is 3. The molecule has 5 nitrogen and oxygen atoms in total. The number of nitrogens with zero attached hydrogens (tertiary/aromatic N) is 3. The number of carbonyl (C=O) groups excluding carboxylic acids is 1. The van der Waals surface area contributed by atoms with Gasteiger partial charge in [-0.25, -0.2) is 0 Å². The van der Waals surface area contributed by atoms with Gasteiger partial charge in [-0.2, -0.15) is 5.10 Å². The molecule has 0 saturated heterocycles. The predicted molar refractivity (Wildman–Crippen MR) is 130 cm³/mol. The molecule has 164 valence electrons. The fraction of sp³-hybridized carbons (Fsp3) is 0.308. The highest BCUT2D eigenvalue weighted by Crippen LogP contribution is 2.40. The van der Waals surface area contributed by atoms with Crippen molar-refractivity contribution in [3.63, 3.8) is 0 Å². The molecule has 2 aromatic carbocycles. The van der Waals surface area contributed by atoms with E-state index in [-0.39, 0.29) is 5.91 Å². The highest BCUT2D eigenvalue weighted by molar-refractivity contribution is 7.99. The minimum atomic E-state index is -0.0393. The fourth-order valence-corrected chi connectivity index (χ4v) is 4.85. The SMILES string of the molecule is CCSc1ccc(CNC(=O)c2ccc3c(c2)cc(Cn2nccc2C)n3C2CC2)cc1. The first kappa shape index (κ1) is 20.9. The van der Waals surface area contributed by atoms with Crippen LogP contribution in [-0.2, 0) is 13.1 Å². The van der Waals surface area contributed by atoms with Crippen LogP contribution in [0.15, 0.2) is 65.7 Å². The molecule has 5 rings (SSSR count). The van der Waals surface area contributed by atoms with E-state index in [0.29, 0.717) is 18.2 Å².